The van der Waals surface area contributed by atoms with E-state index in [1.807, 2.05) is 36.6 Å². The smallest absolute Gasteiger partial charge is 0.362 e. The van der Waals surface area contributed by atoms with Gasteiger partial charge in [0.05, 0.1) is 17.4 Å². The maximum absolute atomic E-state index is 12.9. The van der Waals surface area contributed by atoms with Crippen molar-refractivity contribution in [3.05, 3.63) is 70.8 Å². The summed E-state index contributed by atoms with van der Waals surface area (Å²) in [7, 11) is 0. The van der Waals surface area contributed by atoms with Gasteiger partial charge in [-0.15, -0.1) is 11.3 Å². The van der Waals surface area contributed by atoms with Crippen LogP contribution in [0.3, 0.4) is 0 Å². The summed E-state index contributed by atoms with van der Waals surface area (Å²) in [4.78, 5) is 25.7. The number of hydrogen-bond acceptors (Lipinski definition) is 8. The Morgan fingerprint density at radius 3 is 2.80 bits per heavy atom. The first-order chi connectivity index (χ1) is 14.6. The molecule has 0 atom stereocenters. The van der Waals surface area contributed by atoms with E-state index in [0.29, 0.717) is 34.4 Å². The molecule has 4 heterocycles. The van der Waals surface area contributed by atoms with Crippen LogP contribution in [0, 0.1) is 13.8 Å². The number of rotatable bonds is 4. The minimum atomic E-state index is -0.506. The number of ether oxygens (including phenoxy) is 1. The molecule has 5 aromatic rings. The zero-order valence-electron chi connectivity index (χ0n) is 16.1. The van der Waals surface area contributed by atoms with E-state index in [0.717, 1.165) is 16.8 Å². The molecule has 0 aliphatic rings. The van der Waals surface area contributed by atoms with Crippen LogP contribution in [0.15, 0.2) is 58.1 Å². The van der Waals surface area contributed by atoms with Gasteiger partial charge in [0.1, 0.15) is 11.4 Å². The van der Waals surface area contributed by atoms with Crippen molar-refractivity contribution in [1.29, 1.82) is 0 Å². The Morgan fingerprint density at radius 2 is 2.03 bits per heavy atom. The van der Waals surface area contributed by atoms with Gasteiger partial charge >= 0.3 is 5.97 Å². The van der Waals surface area contributed by atoms with Crippen molar-refractivity contribution in [2.45, 2.75) is 13.8 Å². The van der Waals surface area contributed by atoms with Crippen molar-refractivity contribution in [3.8, 4) is 28.4 Å². The van der Waals surface area contributed by atoms with Gasteiger partial charge in [0.2, 0.25) is 11.7 Å². The summed E-state index contributed by atoms with van der Waals surface area (Å²) in [5, 5.41) is 5.87. The van der Waals surface area contributed by atoms with Crippen molar-refractivity contribution in [2.24, 2.45) is 0 Å². The lowest BCUT2D eigenvalue weighted by Gasteiger charge is -2.08. The monoisotopic (exact) mass is 417 g/mol. The van der Waals surface area contributed by atoms with E-state index in [4.69, 9.17) is 9.26 Å². The maximum Gasteiger partial charge on any atom is 0.362 e. The summed E-state index contributed by atoms with van der Waals surface area (Å²) in [6.07, 6.45) is 3.29. The highest BCUT2D eigenvalue weighted by Crippen LogP contribution is 2.27. The van der Waals surface area contributed by atoms with Crippen LogP contribution in [0.5, 0.6) is 5.75 Å². The van der Waals surface area contributed by atoms with Gasteiger partial charge in [0, 0.05) is 29.6 Å². The van der Waals surface area contributed by atoms with Crippen molar-refractivity contribution in [1.82, 2.24) is 24.5 Å². The van der Waals surface area contributed by atoms with E-state index < -0.39 is 5.97 Å². The first-order valence-electron chi connectivity index (χ1n) is 9.08. The van der Waals surface area contributed by atoms with Crippen LogP contribution in [-0.4, -0.2) is 30.5 Å². The highest BCUT2D eigenvalue weighted by Gasteiger charge is 2.17. The van der Waals surface area contributed by atoms with Crippen LogP contribution in [0.25, 0.3) is 28.3 Å². The summed E-state index contributed by atoms with van der Waals surface area (Å²) < 4.78 is 12.4. The normalized spacial score (nSPS) is 11.1. The summed E-state index contributed by atoms with van der Waals surface area (Å²) in [6.45, 7) is 3.58. The van der Waals surface area contributed by atoms with Gasteiger partial charge in [-0.3, -0.25) is 4.40 Å². The molecule has 30 heavy (non-hydrogen) atoms. The number of fused-ring (bicyclic) bond motifs is 1. The van der Waals surface area contributed by atoms with Crippen molar-refractivity contribution in [2.75, 3.05) is 0 Å². The van der Waals surface area contributed by atoms with Crippen LogP contribution >= 0.6 is 11.3 Å². The van der Waals surface area contributed by atoms with Gasteiger partial charge in [-0.05, 0) is 30.7 Å². The lowest BCUT2D eigenvalue weighted by Crippen LogP contribution is -2.12. The third kappa shape index (κ3) is 3.25. The SMILES string of the molecule is Cc1nc(-c2ccc(C)c(OC(=O)c3cnc4cc(-c5cscn5)ccn34)c2)no1. The number of esters is 1. The highest BCUT2D eigenvalue weighted by atomic mass is 32.1. The van der Waals surface area contributed by atoms with E-state index >= 15 is 0 Å². The quantitative estimate of drug-likeness (QED) is 0.317. The fourth-order valence-electron chi connectivity index (χ4n) is 3.06. The van der Waals surface area contributed by atoms with Crippen LogP contribution in [0.4, 0.5) is 0 Å². The molecular formula is C21H15N5O3S. The van der Waals surface area contributed by atoms with Gasteiger partial charge in [-0.1, -0.05) is 17.3 Å². The number of carbonyl (C=O) groups excluding carboxylic acids is 1. The highest BCUT2D eigenvalue weighted by molar-refractivity contribution is 7.07. The second-order valence-electron chi connectivity index (χ2n) is 6.67. The molecule has 0 bridgehead atoms. The average Bonchev–Trinajstić information content (AvgIpc) is 3.49. The number of carbonyl (C=O) groups is 1. The van der Waals surface area contributed by atoms with E-state index in [1.54, 1.807) is 29.1 Å². The first kappa shape index (κ1) is 18.2. The molecule has 9 heteroatoms. The van der Waals surface area contributed by atoms with Gasteiger partial charge < -0.3 is 9.26 Å². The lowest BCUT2D eigenvalue weighted by atomic mass is 10.1. The summed E-state index contributed by atoms with van der Waals surface area (Å²) in [5.41, 5.74) is 6.07. The van der Waals surface area contributed by atoms with E-state index in [2.05, 4.69) is 20.1 Å². The molecule has 0 saturated heterocycles. The lowest BCUT2D eigenvalue weighted by molar-refractivity contribution is 0.0726. The fourth-order valence-corrected chi connectivity index (χ4v) is 3.62. The van der Waals surface area contributed by atoms with Crippen molar-refractivity contribution in [3.63, 3.8) is 0 Å². The topological polar surface area (TPSA) is 95.4 Å². The minimum absolute atomic E-state index is 0.329. The Hall–Kier alpha value is -3.85. The van der Waals surface area contributed by atoms with Crippen LogP contribution in [0.1, 0.15) is 21.9 Å². The molecule has 1 aromatic carbocycles. The zero-order valence-corrected chi connectivity index (χ0v) is 16.9. The third-order valence-electron chi connectivity index (χ3n) is 4.63. The molecule has 0 unspecified atom stereocenters. The van der Waals surface area contributed by atoms with E-state index in [1.165, 1.54) is 17.5 Å². The van der Waals surface area contributed by atoms with Crippen LogP contribution < -0.4 is 4.74 Å². The van der Waals surface area contributed by atoms with Gasteiger partial charge in [-0.25, -0.2) is 14.8 Å². The molecule has 148 valence electrons. The second kappa shape index (κ2) is 7.20. The summed E-state index contributed by atoms with van der Waals surface area (Å²) in [6, 6.07) is 9.20. The Balaban J connectivity index is 1.45. The molecule has 0 aliphatic heterocycles. The Kier molecular flexibility index (Phi) is 4.36. The van der Waals surface area contributed by atoms with Gasteiger partial charge in [-0.2, -0.15) is 4.98 Å². The number of benzene rings is 1. The van der Waals surface area contributed by atoms with E-state index in [9.17, 15) is 4.79 Å². The molecule has 0 N–H and O–H groups in total. The largest absolute Gasteiger partial charge is 0.422 e. The molecule has 4 aromatic heterocycles. The molecular weight excluding hydrogens is 402 g/mol. The number of nitrogens with zero attached hydrogens (tertiary/aromatic N) is 5. The van der Waals surface area contributed by atoms with Gasteiger partial charge in [0.25, 0.3) is 0 Å². The number of aryl methyl sites for hydroxylation is 2. The number of aromatic nitrogens is 5. The fraction of sp³-hybridized carbons (Fsp3) is 0.0952. The molecule has 0 amide bonds. The second-order valence-corrected chi connectivity index (χ2v) is 7.39. The predicted molar refractivity (Wildman–Crippen MR) is 110 cm³/mol. The zero-order chi connectivity index (χ0) is 20.7. The maximum atomic E-state index is 12.9. The molecule has 0 spiro atoms. The standard InChI is InChI=1S/C21H15N5O3S/c1-12-3-4-15(20-24-13(2)29-25-20)7-18(12)28-21(27)17-9-22-19-8-14(5-6-26(17)19)16-10-30-11-23-16/h3-11H,1-2H3. The summed E-state index contributed by atoms with van der Waals surface area (Å²) in [5.74, 6) is 0.823. The average molecular weight is 417 g/mol. The molecule has 0 radical (unpaired) electrons. The number of pyridine rings is 1. The summed E-state index contributed by atoms with van der Waals surface area (Å²) >= 11 is 1.53. The molecule has 0 aliphatic carbocycles. The van der Waals surface area contributed by atoms with Gasteiger partial charge in [0.15, 0.2) is 5.69 Å². The first-order valence-corrected chi connectivity index (χ1v) is 10.0. The molecule has 0 fully saturated rings. The molecule has 8 nitrogen and oxygen atoms in total. The Labute approximate surface area is 174 Å². The minimum Gasteiger partial charge on any atom is -0.422 e. The van der Waals surface area contributed by atoms with Crippen LogP contribution in [0.2, 0.25) is 0 Å². The van der Waals surface area contributed by atoms with Crippen LogP contribution in [-0.2, 0) is 0 Å². The number of hydrogen-bond donors (Lipinski definition) is 0. The number of imidazole rings is 1. The number of thiazole rings is 1. The van der Waals surface area contributed by atoms with Crippen molar-refractivity contribution >= 4 is 23.0 Å². The predicted octanol–water partition coefficient (Wildman–Crippen LogP) is 4.34. The molecule has 5 rings (SSSR count). The van der Waals surface area contributed by atoms with E-state index in [-0.39, 0.29) is 0 Å². The molecule has 0 saturated carbocycles. The Morgan fingerprint density at radius 1 is 1.13 bits per heavy atom. The van der Waals surface area contributed by atoms with Crippen molar-refractivity contribution < 1.29 is 14.1 Å². The third-order valence-corrected chi connectivity index (χ3v) is 5.21. The Bertz CT molecular complexity index is 1370.